The number of para-hydroxylation sites is 1. The zero-order valence-corrected chi connectivity index (χ0v) is 12.3. The molecule has 0 bridgehead atoms. The summed E-state index contributed by atoms with van der Waals surface area (Å²) < 4.78 is 13.1. The van der Waals surface area contributed by atoms with E-state index in [9.17, 15) is 4.39 Å². The number of rotatable bonds is 5. The zero-order valence-electron chi connectivity index (χ0n) is 12.3. The van der Waals surface area contributed by atoms with Gasteiger partial charge in [-0.05, 0) is 55.9 Å². The lowest BCUT2D eigenvalue weighted by atomic mass is 10.1. The summed E-state index contributed by atoms with van der Waals surface area (Å²) in [6.45, 7) is 3.54. The summed E-state index contributed by atoms with van der Waals surface area (Å²) in [5.41, 5.74) is 4.48. The number of benzene rings is 2. The number of anilines is 1. The van der Waals surface area contributed by atoms with Gasteiger partial charge in [-0.15, -0.1) is 0 Å². The molecule has 0 heterocycles. The summed E-state index contributed by atoms with van der Waals surface area (Å²) in [5.74, 6) is -0.181. The molecule has 0 aliphatic rings. The molecule has 0 aromatic heterocycles. The quantitative estimate of drug-likeness (QED) is 0.890. The normalized spacial score (nSPS) is 10.8. The molecule has 0 aliphatic heterocycles. The molecule has 0 aliphatic carbocycles. The summed E-state index contributed by atoms with van der Waals surface area (Å²) in [5, 5.41) is 3.45. The van der Waals surface area contributed by atoms with Crippen LogP contribution in [-0.2, 0) is 13.1 Å². The first-order chi connectivity index (χ1) is 9.56. The van der Waals surface area contributed by atoms with Crippen molar-refractivity contribution < 1.29 is 4.39 Å². The van der Waals surface area contributed by atoms with Gasteiger partial charge in [-0.25, -0.2) is 4.39 Å². The van der Waals surface area contributed by atoms with Gasteiger partial charge in [0, 0.05) is 18.8 Å². The third-order valence-electron chi connectivity index (χ3n) is 3.28. The van der Waals surface area contributed by atoms with Crippen molar-refractivity contribution in [1.29, 1.82) is 0 Å². The van der Waals surface area contributed by atoms with Crippen molar-refractivity contribution in [2.45, 2.75) is 20.0 Å². The highest BCUT2D eigenvalue weighted by molar-refractivity contribution is 5.51. The molecule has 0 spiro atoms. The zero-order chi connectivity index (χ0) is 14.5. The van der Waals surface area contributed by atoms with Crippen molar-refractivity contribution in [2.75, 3.05) is 19.4 Å². The van der Waals surface area contributed by atoms with Crippen LogP contribution in [0.4, 0.5) is 10.1 Å². The van der Waals surface area contributed by atoms with E-state index in [1.165, 1.54) is 11.6 Å². The highest BCUT2D eigenvalue weighted by atomic mass is 19.1. The van der Waals surface area contributed by atoms with Gasteiger partial charge in [0.15, 0.2) is 0 Å². The fraction of sp³-hybridized carbons (Fsp3) is 0.294. The summed E-state index contributed by atoms with van der Waals surface area (Å²) in [4.78, 5) is 2.14. The van der Waals surface area contributed by atoms with Crippen LogP contribution in [0.25, 0.3) is 0 Å². The monoisotopic (exact) mass is 272 g/mol. The Hall–Kier alpha value is -1.87. The van der Waals surface area contributed by atoms with Crippen LogP contribution < -0.4 is 5.32 Å². The van der Waals surface area contributed by atoms with Gasteiger partial charge in [0.05, 0.1) is 0 Å². The lowest BCUT2D eigenvalue weighted by Gasteiger charge is -2.16. The average Bonchev–Trinajstić information content (AvgIpc) is 2.39. The van der Waals surface area contributed by atoms with Crippen molar-refractivity contribution >= 4 is 5.69 Å². The van der Waals surface area contributed by atoms with E-state index >= 15 is 0 Å². The van der Waals surface area contributed by atoms with E-state index in [0.29, 0.717) is 6.54 Å². The molecule has 0 saturated carbocycles. The van der Waals surface area contributed by atoms with Crippen LogP contribution in [-0.4, -0.2) is 19.0 Å². The van der Waals surface area contributed by atoms with Gasteiger partial charge in [-0.2, -0.15) is 0 Å². The Morgan fingerprint density at radius 2 is 1.80 bits per heavy atom. The highest BCUT2D eigenvalue weighted by Crippen LogP contribution is 2.18. The number of hydrogen-bond donors (Lipinski definition) is 1. The number of hydrogen-bond acceptors (Lipinski definition) is 2. The summed E-state index contributed by atoms with van der Waals surface area (Å²) in [6, 6.07) is 13.2. The standard InChI is InChI=1S/C17H21FN2/c1-13-10-16(18)9-8-14(13)11-19-17-7-5-4-6-15(17)12-20(2)3/h4-10,19H,11-12H2,1-3H3. The maximum Gasteiger partial charge on any atom is 0.123 e. The number of nitrogens with zero attached hydrogens (tertiary/aromatic N) is 1. The minimum absolute atomic E-state index is 0.181. The predicted octanol–water partition coefficient (Wildman–Crippen LogP) is 3.81. The van der Waals surface area contributed by atoms with Crippen molar-refractivity contribution in [1.82, 2.24) is 4.90 Å². The Balaban J connectivity index is 2.10. The van der Waals surface area contributed by atoms with Gasteiger partial charge >= 0.3 is 0 Å². The van der Waals surface area contributed by atoms with Crippen LogP contribution in [0.3, 0.4) is 0 Å². The number of nitrogens with one attached hydrogen (secondary N) is 1. The number of halogens is 1. The van der Waals surface area contributed by atoms with E-state index < -0.39 is 0 Å². The maximum absolute atomic E-state index is 13.1. The maximum atomic E-state index is 13.1. The molecule has 0 saturated heterocycles. The lowest BCUT2D eigenvalue weighted by Crippen LogP contribution is -2.13. The first-order valence-electron chi connectivity index (χ1n) is 6.78. The van der Waals surface area contributed by atoms with E-state index in [-0.39, 0.29) is 5.82 Å². The third-order valence-corrected chi connectivity index (χ3v) is 3.28. The van der Waals surface area contributed by atoms with Crippen molar-refractivity contribution in [3.8, 4) is 0 Å². The molecule has 2 rings (SSSR count). The Morgan fingerprint density at radius 3 is 2.50 bits per heavy atom. The second-order valence-electron chi connectivity index (χ2n) is 5.32. The molecular formula is C17H21FN2. The summed E-state index contributed by atoms with van der Waals surface area (Å²) in [6.07, 6.45) is 0. The van der Waals surface area contributed by atoms with E-state index in [2.05, 4.69) is 36.4 Å². The molecule has 106 valence electrons. The molecule has 0 atom stereocenters. The van der Waals surface area contributed by atoms with E-state index in [1.54, 1.807) is 6.07 Å². The molecule has 0 amide bonds. The van der Waals surface area contributed by atoms with Gasteiger partial charge in [-0.3, -0.25) is 0 Å². The Morgan fingerprint density at radius 1 is 1.05 bits per heavy atom. The first-order valence-corrected chi connectivity index (χ1v) is 6.78. The topological polar surface area (TPSA) is 15.3 Å². The van der Waals surface area contributed by atoms with Gasteiger partial charge < -0.3 is 10.2 Å². The highest BCUT2D eigenvalue weighted by Gasteiger charge is 2.04. The van der Waals surface area contributed by atoms with E-state index in [0.717, 1.165) is 23.4 Å². The second-order valence-corrected chi connectivity index (χ2v) is 5.32. The summed E-state index contributed by atoms with van der Waals surface area (Å²) in [7, 11) is 4.11. The van der Waals surface area contributed by atoms with Crippen LogP contribution in [0, 0.1) is 12.7 Å². The minimum Gasteiger partial charge on any atom is -0.381 e. The first kappa shape index (κ1) is 14.5. The molecule has 0 unspecified atom stereocenters. The van der Waals surface area contributed by atoms with Crippen LogP contribution in [0.1, 0.15) is 16.7 Å². The molecule has 0 fully saturated rings. The van der Waals surface area contributed by atoms with Crippen molar-refractivity contribution in [3.63, 3.8) is 0 Å². The Bertz CT molecular complexity index is 579. The predicted molar refractivity (Wildman–Crippen MR) is 82.3 cm³/mol. The van der Waals surface area contributed by atoms with Crippen molar-refractivity contribution in [3.05, 3.63) is 65.0 Å². The molecule has 0 radical (unpaired) electrons. The molecule has 1 N–H and O–H groups in total. The Kier molecular flexibility index (Phi) is 4.74. The van der Waals surface area contributed by atoms with Crippen LogP contribution >= 0.6 is 0 Å². The Labute approximate surface area is 120 Å². The number of aryl methyl sites for hydroxylation is 1. The minimum atomic E-state index is -0.181. The molecule has 2 aromatic rings. The molecule has 2 aromatic carbocycles. The smallest absolute Gasteiger partial charge is 0.123 e. The van der Waals surface area contributed by atoms with Crippen molar-refractivity contribution in [2.24, 2.45) is 0 Å². The lowest BCUT2D eigenvalue weighted by molar-refractivity contribution is 0.403. The van der Waals surface area contributed by atoms with Gasteiger partial charge in [0.1, 0.15) is 5.82 Å². The third kappa shape index (κ3) is 3.81. The molecule has 20 heavy (non-hydrogen) atoms. The fourth-order valence-electron chi connectivity index (χ4n) is 2.22. The van der Waals surface area contributed by atoms with Crippen LogP contribution in [0.15, 0.2) is 42.5 Å². The van der Waals surface area contributed by atoms with Gasteiger partial charge in [0.25, 0.3) is 0 Å². The molecule has 3 heteroatoms. The van der Waals surface area contributed by atoms with Crippen LogP contribution in [0.5, 0.6) is 0 Å². The largest absolute Gasteiger partial charge is 0.381 e. The molecular weight excluding hydrogens is 251 g/mol. The SMILES string of the molecule is Cc1cc(F)ccc1CNc1ccccc1CN(C)C. The van der Waals surface area contributed by atoms with E-state index in [4.69, 9.17) is 0 Å². The fourth-order valence-corrected chi connectivity index (χ4v) is 2.22. The van der Waals surface area contributed by atoms with Crippen LogP contribution in [0.2, 0.25) is 0 Å². The summed E-state index contributed by atoms with van der Waals surface area (Å²) >= 11 is 0. The second kappa shape index (κ2) is 6.53. The molecule has 2 nitrogen and oxygen atoms in total. The van der Waals surface area contributed by atoms with E-state index in [1.807, 2.05) is 25.1 Å². The van der Waals surface area contributed by atoms with Gasteiger partial charge in [0.2, 0.25) is 0 Å². The average molecular weight is 272 g/mol. The van der Waals surface area contributed by atoms with Gasteiger partial charge in [-0.1, -0.05) is 24.3 Å².